The highest BCUT2D eigenvalue weighted by atomic mass is 28.3. The number of hydrogen-bond donors (Lipinski definition) is 0. The molecule has 0 aliphatic carbocycles. The Labute approximate surface area is 180 Å². The summed E-state index contributed by atoms with van der Waals surface area (Å²) in [6, 6.07) is 8.50. The zero-order valence-electron chi connectivity index (χ0n) is 23.8. The maximum Gasteiger partial charge on any atom is 0.212 e. The van der Waals surface area contributed by atoms with Gasteiger partial charge in [0.25, 0.3) is 0 Å². The van der Waals surface area contributed by atoms with Gasteiger partial charge in [0, 0.05) is 22.7 Å². The SMILES string of the molecule is [2H]C([2H])(c1cc(-c2ccc([Si](C)(C)C)cc2C)[n+](C)cc1C([2H])([2H])C(C)(C)C)C(C)(C)C. The summed E-state index contributed by atoms with van der Waals surface area (Å²) >= 11 is 0. The molecule has 0 bridgehead atoms. The molecule has 0 fully saturated rings. The molecule has 154 valence electrons. The number of aryl methyl sites for hydroxylation is 2. The van der Waals surface area contributed by atoms with Crippen molar-refractivity contribution in [3.63, 3.8) is 0 Å². The molecular formula is C26H42NSi+. The average molecular weight is 401 g/mol. The lowest BCUT2D eigenvalue weighted by molar-refractivity contribution is -0.660. The van der Waals surface area contributed by atoms with Gasteiger partial charge in [-0.15, -0.1) is 0 Å². The molecule has 2 aromatic rings. The second kappa shape index (κ2) is 7.78. The Morgan fingerprint density at radius 1 is 0.893 bits per heavy atom. The molecule has 1 heterocycles. The fraction of sp³-hybridized carbons (Fsp3) is 0.577. The van der Waals surface area contributed by atoms with E-state index in [1.54, 1.807) is 0 Å². The van der Waals surface area contributed by atoms with Crippen LogP contribution in [0, 0.1) is 17.8 Å². The van der Waals surface area contributed by atoms with E-state index < -0.39 is 31.6 Å². The Morgan fingerprint density at radius 2 is 1.43 bits per heavy atom. The number of hydrogen-bond acceptors (Lipinski definition) is 0. The number of benzene rings is 1. The first-order chi connectivity index (χ1) is 14.1. The molecule has 1 aromatic carbocycles. The number of aromatic nitrogens is 1. The van der Waals surface area contributed by atoms with Crippen molar-refractivity contribution < 1.29 is 10.1 Å². The third-order valence-electron chi connectivity index (χ3n) is 4.66. The first-order valence-electron chi connectivity index (χ1n) is 12.3. The normalized spacial score (nSPS) is 16.2. The minimum atomic E-state index is -1.71. The Bertz CT molecular complexity index is 1010. The van der Waals surface area contributed by atoms with Gasteiger partial charge in [-0.05, 0) is 47.7 Å². The number of nitrogens with zero attached hydrogens (tertiary/aromatic N) is 1. The van der Waals surface area contributed by atoms with Crippen LogP contribution in [-0.2, 0) is 19.8 Å². The summed E-state index contributed by atoms with van der Waals surface area (Å²) in [5.41, 5.74) is 2.61. The van der Waals surface area contributed by atoms with Crippen molar-refractivity contribution in [3.05, 3.63) is 47.2 Å². The maximum atomic E-state index is 9.04. The summed E-state index contributed by atoms with van der Waals surface area (Å²) in [4.78, 5) is 0. The minimum Gasteiger partial charge on any atom is -0.201 e. The van der Waals surface area contributed by atoms with E-state index in [9.17, 15) is 0 Å². The summed E-state index contributed by atoms with van der Waals surface area (Å²) in [5.74, 6) is 0. The summed E-state index contributed by atoms with van der Waals surface area (Å²) in [6.07, 6.45) is -1.60. The maximum absolute atomic E-state index is 9.04. The van der Waals surface area contributed by atoms with Crippen LogP contribution in [0.1, 0.15) is 63.7 Å². The van der Waals surface area contributed by atoms with Gasteiger partial charge in [-0.2, -0.15) is 0 Å². The van der Waals surface area contributed by atoms with E-state index in [-0.39, 0.29) is 0 Å². The highest BCUT2D eigenvalue weighted by molar-refractivity contribution is 6.88. The van der Waals surface area contributed by atoms with E-state index in [1.807, 2.05) is 65.4 Å². The van der Waals surface area contributed by atoms with Crippen molar-refractivity contribution in [2.24, 2.45) is 17.9 Å². The first kappa shape index (κ1) is 17.4. The van der Waals surface area contributed by atoms with Crippen LogP contribution < -0.4 is 9.75 Å². The number of rotatable bonds is 4. The molecule has 0 unspecified atom stereocenters. The molecular weight excluding hydrogens is 354 g/mol. The lowest BCUT2D eigenvalue weighted by atomic mass is 9.81. The molecule has 0 saturated carbocycles. The van der Waals surface area contributed by atoms with Gasteiger partial charge in [-0.25, -0.2) is 4.57 Å². The molecule has 1 nitrogen and oxygen atoms in total. The largest absolute Gasteiger partial charge is 0.212 e. The molecule has 0 aliphatic rings. The van der Waals surface area contributed by atoms with Crippen LogP contribution in [0.4, 0.5) is 0 Å². The smallest absolute Gasteiger partial charge is 0.201 e. The van der Waals surface area contributed by atoms with Crippen molar-refractivity contribution in [2.45, 2.75) is 80.9 Å². The van der Waals surface area contributed by atoms with Crippen LogP contribution >= 0.6 is 0 Å². The van der Waals surface area contributed by atoms with E-state index >= 15 is 0 Å². The molecule has 0 N–H and O–H groups in total. The molecule has 0 saturated heterocycles. The molecule has 1 aromatic heterocycles. The van der Waals surface area contributed by atoms with Crippen LogP contribution in [0.2, 0.25) is 19.6 Å². The molecule has 0 spiro atoms. The molecule has 0 amide bonds. The Kier molecular flexibility index (Phi) is 4.85. The quantitative estimate of drug-likeness (QED) is 0.424. The fourth-order valence-electron chi connectivity index (χ4n) is 3.35. The lowest BCUT2D eigenvalue weighted by Gasteiger charge is -2.24. The highest BCUT2D eigenvalue weighted by Crippen LogP contribution is 2.30. The summed E-state index contributed by atoms with van der Waals surface area (Å²) < 4.78 is 37.9. The van der Waals surface area contributed by atoms with Crippen molar-refractivity contribution >= 4 is 13.3 Å². The van der Waals surface area contributed by atoms with Gasteiger partial charge in [0.2, 0.25) is 5.69 Å². The van der Waals surface area contributed by atoms with Crippen LogP contribution in [0.3, 0.4) is 0 Å². The standard InChI is InChI=1S/C26H42NSi/c1-19-14-22(28(9,10)11)12-13-23(19)24-15-20(16-25(2,3)4)21(18-27(24)8)17-26(5,6)7/h12-15,18H,16-17H2,1-11H3/q+1/i16D2,17D2. The predicted octanol–water partition coefficient (Wildman–Crippen LogP) is 6.21. The lowest BCUT2D eigenvalue weighted by Crippen LogP contribution is -2.38. The molecule has 0 aliphatic heterocycles. The summed E-state index contributed by atoms with van der Waals surface area (Å²) in [5, 5.41) is 1.40. The Hall–Kier alpha value is -1.41. The Morgan fingerprint density at radius 3 is 1.89 bits per heavy atom. The van der Waals surface area contributed by atoms with Crippen LogP contribution in [0.25, 0.3) is 11.3 Å². The van der Waals surface area contributed by atoms with Gasteiger partial charge in [-0.3, -0.25) is 0 Å². The van der Waals surface area contributed by atoms with Gasteiger partial charge in [0.05, 0.1) is 8.07 Å². The van der Waals surface area contributed by atoms with Crippen LogP contribution in [-0.4, -0.2) is 8.07 Å². The van der Waals surface area contributed by atoms with Crippen molar-refractivity contribution in [1.82, 2.24) is 0 Å². The van der Waals surface area contributed by atoms with Gasteiger partial charge >= 0.3 is 0 Å². The van der Waals surface area contributed by atoms with E-state index in [1.165, 1.54) is 5.19 Å². The van der Waals surface area contributed by atoms with E-state index in [4.69, 9.17) is 5.48 Å². The van der Waals surface area contributed by atoms with Gasteiger partial charge in [-0.1, -0.05) is 78.5 Å². The van der Waals surface area contributed by atoms with Gasteiger partial charge in [0.1, 0.15) is 7.05 Å². The second-order valence-corrected chi connectivity index (χ2v) is 16.2. The fourth-order valence-corrected chi connectivity index (χ4v) is 4.58. The summed E-state index contributed by atoms with van der Waals surface area (Å²) in [6.45, 7) is 20.4. The second-order valence-electron chi connectivity index (χ2n) is 11.1. The van der Waals surface area contributed by atoms with Crippen molar-refractivity contribution in [1.29, 1.82) is 0 Å². The number of pyridine rings is 1. The van der Waals surface area contributed by atoms with Gasteiger partial charge < -0.3 is 0 Å². The minimum absolute atomic E-state index is 0.424. The molecule has 28 heavy (non-hydrogen) atoms. The zero-order valence-corrected chi connectivity index (χ0v) is 20.8. The van der Waals surface area contributed by atoms with Crippen LogP contribution in [0.5, 0.6) is 0 Å². The molecule has 2 heteroatoms. The van der Waals surface area contributed by atoms with Crippen LogP contribution in [0.15, 0.2) is 30.5 Å². The topological polar surface area (TPSA) is 3.88 Å². The van der Waals surface area contributed by atoms with E-state index in [0.29, 0.717) is 11.1 Å². The third-order valence-corrected chi connectivity index (χ3v) is 6.70. The van der Waals surface area contributed by atoms with Crippen molar-refractivity contribution in [3.8, 4) is 11.3 Å². The summed E-state index contributed by atoms with van der Waals surface area (Å²) in [7, 11) is 0.491. The highest BCUT2D eigenvalue weighted by Gasteiger charge is 2.25. The zero-order chi connectivity index (χ0) is 25.1. The van der Waals surface area contributed by atoms with Gasteiger partial charge in [0.15, 0.2) is 6.20 Å². The molecule has 2 rings (SSSR count). The first-order valence-corrected chi connectivity index (χ1v) is 13.8. The molecule has 0 atom stereocenters. The molecule has 0 radical (unpaired) electrons. The Balaban J connectivity index is 2.90. The average Bonchev–Trinajstić information content (AvgIpc) is 2.58. The monoisotopic (exact) mass is 400 g/mol. The van der Waals surface area contributed by atoms with E-state index in [2.05, 4.69) is 44.8 Å². The van der Waals surface area contributed by atoms with Crippen molar-refractivity contribution in [2.75, 3.05) is 0 Å². The third kappa shape index (κ3) is 6.04. The predicted molar refractivity (Wildman–Crippen MR) is 127 cm³/mol. The van der Waals surface area contributed by atoms with E-state index in [0.717, 1.165) is 16.8 Å².